The predicted octanol–water partition coefficient (Wildman–Crippen LogP) is 5.53. The maximum atomic E-state index is 5.38. The Bertz CT molecular complexity index is 130. The molecule has 0 rings (SSSR count). The van der Waals surface area contributed by atoms with Crippen molar-refractivity contribution in [3.8, 4) is 0 Å². The van der Waals surface area contributed by atoms with Gasteiger partial charge in [-0.15, -0.1) is 0 Å². The SMILES string of the molecule is CC.CCCCC.CCCCC(CN(C)CC)OC.N. The van der Waals surface area contributed by atoms with Crippen molar-refractivity contribution in [2.75, 3.05) is 27.2 Å². The molecule has 20 heavy (non-hydrogen) atoms. The molecule has 1 atom stereocenters. The standard InChI is InChI=1S/C10H23NO.C5H12.C2H6.H3N/c1-5-7-8-10(12-4)9-11(3)6-2;1-3-5-4-2;1-2;/h10H,5-9H2,1-4H3;3-5H2,1-2H3;1-2H3;1H3. The lowest BCUT2D eigenvalue weighted by atomic mass is 10.1. The van der Waals surface area contributed by atoms with Crippen molar-refractivity contribution in [1.29, 1.82) is 0 Å². The van der Waals surface area contributed by atoms with E-state index in [1.165, 1.54) is 38.5 Å². The van der Waals surface area contributed by atoms with Crippen LogP contribution in [-0.4, -0.2) is 38.3 Å². The van der Waals surface area contributed by atoms with Gasteiger partial charge in [0.1, 0.15) is 0 Å². The number of hydrogen-bond acceptors (Lipinski definition) is 3. The first-order valence-electron chi connectivity index (χ1n) is 8.37. The quantitative estimate of drug-likeness (QED) is 0.608. The van der Waals surface area contributed by atoms with Crippen LogP contribution >= 0.6 is 0 Å². The van der Waals surface area contributed by atoms with Crippen LogP contribution < -0.4 is 6.15 Å². The van der Waals surface area contributed by atoms with E-state index in [9.17, 15) is 0 Å². The Morgan fingerprint density at radius 3 is 1.60 bits per heavy atom. The minimum absolute atomic E-state index is 0. The van der Waals surface area contributed by atoms with Crippen LogP contribution in [0.3, 0.4) is 0 Å². The molecular formula is C17H44N2O. The molecule has 128 valence electrons. The van der Waals surface area contributed by atoms with Gasteiger partial charge in [0.25, 0.3) is 0 Å². The largest absolute Gasteiger partial charge is 0.380 e. The molecule has 0 aromatic heterocycles. The van der Waals surface area contributed by atoms with Gasteiger partial charge in [-0.3, -0.25) is 0 Å². The summed E-state index contributed by atoms with van der Waals surface area (Å²) in [6.07, 6.45) is 8.23. The summed E-state index contributed by atoms with van der Waals surface area (Å²) in [5.41, 5.74) is 0. The van der Waals surface area contributed by atoms with Crippen molar-refractivity contribution in [3.05, 3.63) is 0 Å². The highest BCUT2D eigenvalue weighted by atomic mass is 16.5. The molecule has 3 heteroatoms. The Kier molecular flexibility index (Phi) is 38.3. The first kappa shape index (κ1) is 28.1. The fourth-order valence-corrected chi connectivity index (χ4v) is 1.55. The smallest absolute Gasteiger partial charge is 0.0698 e. The van der Waals surface area contributed by atoms with Crippen molar-refractivity contribution >= 4 is 0 Å². The molecule has 0 aromatic rings. The van der Waals surface area contributed by atoms with E-state index >= 15 is 0 Å². The highest BCUT2D eigenvalue weighted by molar-refractivity contribution is 4.61. The number of rotatable bonds is 9. The van der Waals surface area contributed by atoms with Crippen LogP contribution in [0, 0.1) is 0 Å². The van der Waals surface area contributed by atoms with E-state index in [0.29, 0.717) is 6.10 Å². The van der Waals surface area contributed by atoms with E-state index in [-0.39, 0.29) is 6.15 Å². The third kappa shape index (κ3) is 26.4. The molecule has 3 nitrogen and oxygen atoms in total. The van der Waals surface area contributed by atoms with Crippen LogP contribution in [0.25, 0.3) is 0 Å². The zero-order valence-electron chi connectivity index (χ0n) is 15.8. The number of likely N-dealkylation sites (N-methyl/N-ethyl adjacent to an activating group) is 1. The molecule has 0 aliphatic carbocycles. The molecule has 0 aliphatic rings. The summed E-state index contributed by atoms with van der Waals surface area (Å²) < 4.78 is 5.38. The molecule has 0 spiro atoms. The number of nitrogens with zero attached hydrogens (tertiary/aromatic N) is 1. The number of unbranched alkanes of at least 4 members (excludes halogenated alkanes) is 3. The van der Waals surface area contributed by atoms with E-state index in [2.05, 4.69) is 39.6 Å². The maximum Gasteiger partial charge on any atom is 0.0698 e. The fraction of sp³-hybridized carbons (Fsp3) is 1.00. The highest BCUT2D eigenvalue weighted by Gasteiger charge is 2.08. The lowest BCUT2D eigenvalue weighted by Gasteiger charge is -2.21. The van der Waals surface area contributed by atoms with Gasteiger partial charge in [-0.1, -0.05) is 73.6 Å². The van der Waals surface area contributed by atoms with Crippen molar-refractivity contribution in [1.82, 2.24) is 11.1 Å². The molecule has 3 N–H and O–H groups in total. The summed E-state index contributed by atoms with van der Waals surface area (Å²) in [7, 11) is 3.95. The van der Waals surface area contributed by atoms with Gasteiger partial charge in [0.15, 0.2) is 0 Å². The molecule has 0 saturated heterocycles. The zero-order valence-corrected chi connectivity index (χ0v) is 15.8. The third-order valence-corrected chi connectivity index (χ3v) is 2.98. The van der Waals surface area contributed by atoms with Crippen LogP contribution in [-0.2, 0) is 4.74 Å². The van der Waals surface area contributed by atoms with Crippen LogP contribution in [0.5, 0.6) is 0 Å². The molecule has 0 amide bonds. The summed E-state index contributed by atoms with van der Waals surface area (Å²) in [6, 6.07) is 0. The monoisotopic (exact) mass is 292 g/mol. The van der Waals surface area contributed by atoms with Crippen molar-refractivity contribution in [2.45, 2.75) is 86.2 Å². The fourth-order valence-electron chi connectivity index (χ4n) is 1.55. The summed E-state index contributed by atoms with van der Waals surface area (Å²) >= 11 is 0. The molecule has 0 bridgehead atoms. The number of hydrogen-bond donors (Lipinski definition) is 1. The van der Waals surface area contributed by atoms with E-state index in [1.54, 1.807) is 0 Å². The van der Waals surface area contributed by atoms with Crippen molar-refractivity contribution in [3.63, 3.8) is 0 Å². The predicted molar refractivity (Wildman–Crippen MR) is 95.1 cm³/mol. The molecule has 0 fully saturated rings. The Hall–Kier alpha value is -0.120. The Morgan fingerprint density at radius 1 is 0.900 bits per heavy atom. The minimum atomic E-state index is 0. The van der Waals surface area contributed by atoms with Gasteiger partial charge in [0, 0.05) is 13.7 Å². The average Bonchev–Trinajstić information content (AvgIpc) is 2.46. The average molecular weight is 293 g/mol. The molecular weight excluding hydrogens is 248 g/mol. The van der Waals surface area contributed by atoms with Crippen LogP contribution in [0.4, 0.5) is 0 Å². The van der Waals surface area contributed by atoms with Gasteiger partial charge in [0.2, 0.25) is 0 Å². The van der Waals surface area contributed by atoms with E-state index in [4.69, 9.17) is 4.74 Å². The minimum Gasteiger partial charge on any atom is -0.380 e. The molecule has 1 unspecified atom stereocenters. The first-order chi connectivity index (χ1) is 9.15. The molecule has 0 aliphatic heterocycles. The second-order valence-electron chi connectivity index (χ2n) is 4.71. The van der Waals surface area contributed by atoms with Gasteiger partial charge < -0.3 is 15.8 Å². The molecule has 0 radical (unpaired) electrons. The lowest BCUT2D eigenvalue weighted by molar-refractivity contribution is 0.0652. The third-order valence-electron chi connectivity index (χ3n) is 2.98. The lowest BCUT2D eigenvalue weighted by Crippen LogP contribution is -2.30. The summed E-state index contributed by atoms with van der Waals surface area (Å²) in [5.74, 6) is 0. The van der Waals surface area contributed by atoms with Crippen LogP contribution in [0.2, 0.25) is 0 Å². The van der Waals surface area contributed by atoms with Gasteiger partial charge in [-0.05, 0) is 20.0 Å². The van der Waals surface area contributed by atoms with Gasteiger partial charge in [0.05, 0.1) is 6.10 Å². The zero-order chi connectivity index (χ0) is 15.5. The van der Waals surface area contributed by atoms with Gasteiger partial charge >= 0.3 is 0 Å². The van der Waals surface area contributed by atoms with Gasteiger partial charge in [-0.25, -0.2) is 0 Å². The second-order valence-corrected chi connectivity index (χ2v) is 4.71. The topological polar surface area (TPSA) is 47.5 Å². The first-order valence-corrected chi connectivity index (χ1v) is 8.37. The number of ether oxygens (including phenoxy) is 1. The van der Waals surface area contributed by atoms with E-state index < -0.39 is 0 Å². The van der Waals surface area contributed by atoms with E-state index in [1.807, 2.05) is 21.0 Å². The van der Waals surface area contributed by atoms with E-state index in [0.717, 1.165) is 13.1 Å². The maximum absolute atomic E-state index is 5.38. The number of methoxy groups -OCH3 is 1. The molecule has 0 aromatic carbocycles. The molecule has 0 heterocycles. The van der Waals surface area contributed by atoms with Crippen LogP contribution in [0.15, 0.2) is 0 Å². The Morgan fingerprint density at radius 2 is 1.35 bits per heavy atom. The second kappa shape index (κ2) is 27.3. The highest BCUT2D eigenvalue weighted by Crippen LogP contribution is 2.04. The summed E-state index contributed by atoms with van der Waals surface area (Å²) in [5, 5.41) is 0. The normalized spacial score (nSPS) is 10.7. The summed E-state index contributed by atoms with van der Waals surface area (Å²) in [6.45, 7) is 15.0. The Balaban J connectivity index is -0.000000136. The summed E-state index contributed by atoms with van der Waals surface area (Å²) in [4.78, 5) is 2.30. The van der Waals surface area contributed by atoms with Gasteiger partial charge in [-0.2, -0.15) is 0 Å². The van der Waals surface area contributed by atoms with Crippen molar-refractivity contribution in [2.24, 2.45) is 0 Å². The molecule has 0 saturated carbocycles. The Labute approximate surface area is 130 Å². The van der Waals surface area contributed by atoms with Crippen LogP contribution in [0.1, 0.15) is 80.1 Å². The van der Waals surface area contributed by atoms with Crippen molar-refractivity contribution < 1.29 is 4.74 Å².